The van der Waals surface area contributed by atoms with Crippen molar-refractivity contribution in [1.29, 1.82) is 10.5 Å². The standard InChI is InChI=1S/C26H14F2N2O2/c27-23-3-1-5-25(21(23)15-29)31-19-11-7-17(8-12-19)18-9-13-20(14-10-18)32-26-6-2-4-24(28)22(26)16-30/h1-14H. The largest absolute Gasteiger partial charge is 0.456 e. The third kappa shape index (κ3) is 4.26. The summed E-state index contributed by atoms with van der Waals surface area (Å²) in [6.07, 6.45) is 0. The second-order valence-electron chi connectivity index (χ2n) is 6.70. The van der Waals surface area contributed by atoms with Crippen LogP contribution in [0.15, 0.2) is 84.9 Å². The van der Waals surface area contributed by atoms with Gasteiger partial charge >= 0.3 is 0 Å². The molecule has 4 aromatic rings. The van der Waals surface area contributed by atoms with Crippen molar-refractivity contribution in [3.05, 3.63) is 108 Å². The maximum atomic E-state index is 13.7. The molecule has 32 heavy (non-hydrogen) atoms. The molecule has 0 spiro atoms. The lowest BCUT2D eigenvalue weighted by Gasteiger charge is -2.10. The number of nitriles is 2. The number of nitrogens with zero attached hydrogens (tertiary/aromatic N) is 2. The van der Waals surface area contributed by atoms with Gasteiger partial charge in [-0.15, -0.1) is 0 Å². The van der Waals surface area contributed by atoms with Gasteiger partial charge in [0.15, 0.2) is 0 Å². The monoisotopic (exact) mass is 424 g/mol. The molecule has 0 saturated heterocycles. The predicted octanol–water partition coefficient (Wildman–Crippen LogP) is 6.96. The molecule has 4 rings (SSSR count). The molecule has 0 saturated carbocycles. The summed E-state index contributed by atoms with van der Waals surface area (Å²) in [4.78, 5) is 0. The maximum absolute atomic E-state index is 13.7. The maximum Gasteiger partial charge on any atom is 0.148 e. The van der Waals surface area contributed by atoms with Gasteiger partial charge < -0.3 is 9.47 Å². The Labute approximate surface area is 183 Å². The molecule has 0 aliphatic rings. The van der Waals surface area contributed by atoms with Gasteiger partial charge in [-0.1, -0.05) is 36.4 Å². The van der Waals surface area contributed by atoms with Gasteiger partial charge in [0.1, 0.15) is 57.9 Å². The van der Waals surface area contributed by atoms with E-state index in [-0.39, 0.29) is 22.6 Å². The molecule has 0 bridgehead atoms. The Kier molecular flexibility index (Phi) is 5.78. The van der Waals surface area contributed by atoms with Crippen LogP contribution in [0.4, 0.5) is 8.78 Å². The van der Waals surface area contributed by atoms with Crippen LogP contribution in [0.5, 0.6) is 23.0 Å². The van der Waals surface area contributed by atoms with Gasteiger partial charge in [0.2, 0.25) is 0 Å². The van der Waals surface area contributed by atoms with Gasteiger partial charge in [-0.3, -0.25) is 0 Å². The van der Waals surface area contributed by atoms with E-state index in [1.54, 1.807) is 36.4 Å². The summed E-state index contributed by atoms with van der Waals surface area (Å²) in [6, 6.07) is 26.2. The molecule has 0 aliphatic carbocycles. The highest BCUT2D eigenvalue weighted by molar-refractivity contribution is 5.65. The smallest absolute Gasteiger partial charge is 0.148 e. The van der Waals surface area contributed by atoms with Crippen LogP contribution in [0.2, 0.25) is 0 Å². The lowest BCUT2D eigenvalue weighted by Crippen LogP contribution is -1.92. The normalized spacial score (nSPS) is 10.1. The van der Waals surface area contributed by atoms with Crippen molar-refractivity contribution in [2.24, 2.45) is 0 Å². The van der Waals surface area contributed by atoms with Crippen LogP contribution < -0.4 is 9.47 Å². The molecule has 0 fully saturated rings. The average molecular weight is 424 g/mol. The first-order valence-corrected chi connectivity index (χ1v) is 9.52. The highest BCUT2D eigenvalue weighted by Crippen LogP contribution is 2.31. The van der Waals surface area contributed by atoms with Crippen molar-refractivity contribution in [3.63, 3.8) is 0 Å². The Bertz CT molecular complexity index is 1250. The molecular weight excluding hydrogens is 410 g/mol. The quantitative estimate of drug-likeness (QED) is 0.347. The highest BCUT2D eigenvalue weighted by atomic mass is 19.1. The van der Waals surface area contributed by atoms with Crippen molar-refractivity contribution in [2.75, 3.05) is 0 Å². The zero-order valence-electron chi connectivity index (χ0n) is 16.5. The van der Waals surface area contributed by atoms with Gasteiger partial charge in [0, 0.05) is 0 Å². The number of rotatable bonds is 5. The van der Waals surface area contributed by atoms with Crippen LogP contribution in [0.25, 0.3) is 11.1 Å². The Morgan fingerprint density at radius 1 is 0.531 bits per heavy atom. The van der Waals surface area contributed by atoms with Crippen molar-refractivity contribution in [2.45, 2.75) is 0 Å². The summed E-state index contributed by atoms with van der Waals surface area (Å²) in [5.74, 6) is -0.0447. The first kappa shape index (κ1) is 20.6. The number of halogens is 2. The average Bonchev–Trinajstić information content (AvgIpc) is 2.81. The molecule has 0 amide bonds. The molecule has 0 aromatic heterocycles. The predicted molar refractivity (Wildman–Crippen MR) is 114 cm³/mol. The fraction of sp³-hybridized carbons (Fsp3) is 0. The van der Waals surface area contributed by atoms with Crippen molar-refractivity contribution < 1.29 is 18.3 Å². The van der Waals surface area contributed by atoms with E-state index in [4.69, 9.17) is 20.0 Å². The lowest BCUT2D eigenvalue weighted by molar-refractivity contribution is 0.474. The fourth-order valence-electron chi connectivity index (χ4n) is 3.08. The molecule has 0 aliphatic heterocycles. The van der Waals surface area contributed by atoms with Gasteiger partial charge in [-0.2, -0.15) is 10.5 Å². The number of ether oxygens (including phenoxy) is 2. The minimum absolute atomic E-state index is 0.148. The van der Waals surface area contributed by atoms with Crippen molar-refractivity contribution in [3.8, 4) is 46.3 Å². The van der Waals surface area contributed by atoms with Crippen molar-refractivity contribution >= 4 is 0 Å². The third-order valence-electron chi connectivity index (χ3n) is 4.67. The highest BCUT2D eigenvalue weighted by Gasteiger charge is 2.11. The Morgan fingerprint density at radius 2 is 0.906 bits per heavy atom. The molecule has 0 atom stereocenters. The van der Waals surface area contributed by atoms with E-state index < -0.39 is 11.6 Å². The van der Waals surface area contributed by atoms with E-state index >= 15 is 0 Å². The van der Waals surface area contributed by atoms with Gasteiger partial charge in [-0.25, -0.2) is 8.78 Å². The van der Waals surface area contributed by atoms with Crippen LogP contribution in [0, 0.1) is 34.3 Å². The summed E-state index contributed by atoms with van der Waals surface area (Å²) in [6.45, 7) is 0. The molecule has 6 heteroatoms. The van der Waals surface area contributed by atoms with E-state index in [9.17, 15) is 8.78 Å². The Balaban J connectivity index is 1.50. The first-order valence-electron chi connectivity index (χ1n) is 9.52. The topological polar surface area (TPSA) is 66.0 Å². The Hall–Kier alpha value is -4.68. The van der Waals surface area contributed by atoms with Gasteiger partial charge in [-0.05, 0) is 59.7 Å². The molecule has 0 unspecified atom stereocenters. The number of hydrogen-bond donors (Lipinski definition) is 0. The summed E-state index contributed by atoms with van der Waals surface area (Å²) in [7, 11) is 0. The van der Waals surface area contributed by atoms with E-state index in [1.807, 2.05) is 24.3 Å². The fourth-order valence-corrected chi connectivity index (χ4v) is 3.08. The molecule has 0 heterocycles. The minimum Gasteiger partial charge on any atom is -0.456 e. The third-order valence-corrected chi connectivity index (χ3v) is 4.67. The first-order chi connectivity index (χ1) is 15.6. The van der Waals surface area contributed by atoms with E-state index in [1.165, 1.54) is 36.4 Å². The number of hydrogen-bond acceptors (Lipinski definition) is 4. The van der Waals surface area contributed by atoms with E-state index in [0.717, 1.165) is 11.1 Å². The van der Waals surface area contributed by atoms with Crippen molar-refractivity contribution in [1.82, 2.24) is 0 Å². The Morgan fingerprint density at radius 3 is 1.25 bits per heavy atom. The summed E-state index contributed by atoms with van der Waals surface area (Å²) >= 11 is 0. The molecule has 154 valence electrons. The SMILES string of the molecule is N#Cc1c(F)cccc1Oc1ccc(-c2ccc(Oc3cccc(F)c3C#N)cc2)cc1. The van der Waals surface area contributed by atoms with Crippen LogP contribution in [0.3, 0.4) is 0 Å². The van der Waals surface area contributed by atoms with Crippen LogP contribution in [-0.2, 0) is 0 Å². The molecule has 0 radical (unpaired) electrons. The minimum atomic E-state index is -0.635. The van der Waals surface area contributed by atoms with Crippen LogP contribution >= 0.6 is 0 Å². The van der Waals surface area contributed by atoms with Crippen LogP contribution in [0.1, 0.15) is 11.1 Å². The zero-order chi connectivity index (χ0) is 22.5. The number of benzene rings is 4. The molecule has 4 aromatic carbocycles. The van der Waals surface area contributed by atoms with E-state index in [2.05, 4.69) is 0 Å². The van der Waals surface area contributed by atoms with Crippen LogP contribution in [-0.4, -0.2) is 0 Å². The zero-order valence-corrected chi connectivity index (χ0v) is 16.5. The lowest BCUT2D eigenvalue weighted by atomic mass is 10.1. The van der Waals surface area contributed by atoms with Gasteiger partial charge in [0.05, 0.1) is 0 Å². The second kappa shape index (κ2) is 8.99. The van der Waals surface area contributed by atoms with E-state index in [0.29, 0.717) is 11.5 Å². The molecule has 0 N–H and O–H groups in total. The summed E-state index contributed by atoms with van der Waals surface area (Å²) < 4.78 is 38.7. The molecule has 4 nitrogen and oxygen atoms in total. The summed E-state index contributed by atoms with van der Waals surface area (Å²) in [5, 5.41) is 18.2. The molecular formula is C26H14F2N2O2. The second-order valence-corrected chi connectivity index (χ2v) is 6.70. The van der Waals surface area contributed by atoms with Gasteiger partial charge in [0.25, 0.3) is 0 Å². The summed E-state index contributed by atoms with van der Waals surface area (Å²) in [5.41, 5.74) is 1.49.